The molecule has 8 heteroatoms. The number of ether oxygens (including phenoxy) is 1. The van der Waals surface area contributed by atoms with Crippen molar-refractivity contribution in [3.8, 4) is 0 Å². The minimum Gasteiger partial charge on any atom is -0.468 e. The van der Waals surface area contributed by atoms with Crippen molar-refractivity contribution >= 4 is 23.5 Å². The summed E-state index contributed by atoms with van der Waals surface area (Å²) in [4.78, 5) is 25.7. The zero-order valence-electron chi connectivity index (χ0n) is 11.1. The van der Waals surface area contributed by atoms with E-state index >= 15 is 0 Å². The summed E-state index contributed by atoms with van der Waals surface area (Å²) < 4.78 is 6.39. The zero-order valence-corrected chi connectivity index (χ0v) is 11.9. The zero-order chi connectivity index (χ0) is 14.2. The predicted molar refractivity (Wildman–Crippen MR) is 70.4 cm³/mol. The first-order valence-corrected chi connectivity index (χ1v) is 6.52. The number of hydrogen-bond acceptors (Lipinski definition) is 6. The summed E-state index contributed by atoms with van der Waals surface area (Å²) in [6.45, 7) is 5.27. The highest BCUT2D eigenvalue weighted by Gasteiger charge is 2.20. The van der Waals surface area contributed by atoms with Gasteiger partial charge in [-0.25, -0.2) is 0 Å². The Bertz CT molecular complexity index is 691. The van der Waals surface area contributed by atoms with E-state index in [9.17, 15) is 9.59 Å². The molecule has 0 fully saturated rings. The normalized spacial score (nSPS) is 12.6. The van der Waals surface area contributed by atoms with Crippen LogP contribution in [-0.4, -0.2) is 37.9 Å². The number of esters is 1. The molecule has 0 radical (unpaired) electrons. The molecule has 2 rings (SSSR count). The maximum atomic E-state index is 11.6. The molecule has 2 heterocycles. The Labute approximate surface area is 113 Å². The van der Waals surface area contributed by atoms with Crippen LogP contribution in [0, 0.1) is 13.8 Å². The van der Waals surface area contributed by atoms with Crippen LogP contribution in [0.2, 0.25) is 0 Å². The van der Waals surface area contributed by atoms with Crippen molar-refractivity contribution in [3.63, 3.8) is 0 Å². The number of methoxy groups -OCH3 is 1. The highest BCUT2D eigenvalue weighted by molar-refractivity contribution is 8.00. The van der Waals surface area contributed by atoms with Crippen LogP contribution in [0.15, 0.2) is 9.95 Å². The van der Waals surface area contributed by atoms with E-state index in [1.165, 1.54) is 18.9 Å². The molecule has 0 unspecified atom stereocenters. The van der Waals surface area contributed by atoms with E-state index < -0.39 is 5.25 Å². The van der Waals surface area contributed by atoms with Crippen molar-refractivity contribution in [1.29, 1.82) is 0 Å². The van der Waals surface area contributed by atoms with Gasteiger partial charge in [-0.3, -0.25) is 19.0 Å². The van der Waals surface area contributed by atoms with Crippen molar-refractivity contribution in [1.82, 2.24) is 19.6 Å². The Kier molecular flexibility index (Phi) is 3.61. The van der Waals surface area contributed by atoms with E-state index in [0.29, 0.717) is 16.5 Å². The topological polar surface area (TPSA) is 89.3 Å². The molecule has 1 atom stereocenters. The summed E-state index contributed by atoms with van der Waals surface area (Å²) in [5.74, 6) is 0.0354. The summed E-state index contributed by atoms with van der Waals surface area (Å²) in [5.41, 5.74) is 1.16. The van der Waals surface area contributed by atoms with Crippen LogP contribution in [0.25, 0.3) is 5.78 Å². The van der Waals surface area contributed by atoms with Crippen molar-refractivity contribution in [2.24, 2.45) is 0 Å². The molecule has 1 N–H and O–H groups in total. The third-order valence-electron chi connectivity index (χ3n) is 2.89. The van der Waals surface area contributed by atoms with Gasteiger partial charge in [0, 0.05) is 11.3 Å². The van der Waals surface area contributed by atoms with Crippen LogP contribution in [0.3, 0.4) is 0 Å². The Hall–Kier alpha value is -1.83. The Balaban J connectivity index is 2.49. The number of hydrogen-bond donors (Lipinski definition) is 1. The van der Waals surface area contributed by atoms with Gasteiger partial charge in [0.25, 0.3) is 5.56 Å². The first-order chi connectivity index (χ1) is 8.95. The molecule has 0 aliphatic rings. The van der Waals surface area contributed by atoms with Gasteiger partial charge in [0.1, 0.15) is 5.25 Å². The van der Waals surface area contributed by atoms with E-state index in [4.69, 9.17) is 0 Å². The predicted octanol–water partition coefficient (Wildman–Crippen LogP) is 0.688. The lowest BCUT2D eigenvalue weighted by atomic mass is 10.3. The molecule has 2 aromatic heterocycles. The number of aromatic amines is 1. The minimum atomic E-state index is -0.399. The number of aryl methyl sites for hydroxylation is 1. The lowest BCUT2D eigenvalue weighted by molar-refractivity contribution is -0.139. The Morgan fingerprint density at radius 3 is 2.74 bits per heavy atom. The number of carbonyl (C=O) groups is 1. The van der Waals surface area contributed by atoms with E-state index in [2.05, 4.69) is 19.9 Å². The fraction of sp³-hybridized carbons (Fsp3) is 0.455. The number of nitrogens with zero attached hydrogens (tertiary/aromatic N) is 3. The van der Waals surface area contributed by atoms with E-state index in [0.717, 1.165) is 5.69 Å². The summed E-state index contributed by atoms with van der Waals surface area (Å²) in [6.07, 6.45) is 0. The summed E-state index contributed by atoms with van der Waals surface area (Å²) in [7, 11) is 1.34. The molecular weight excluding hydrogens is 268 g/mol. The van der Waals surface area contributed by atoms with Crippen LogP contribution < -0.4 is 5.56 Å². The molecule has 0 aromatic carbocycles. The third-order valence-corrected chi connectivity index (χ3v) is 3.91. The third kappa shape index (κ3) is 2.35. The number of carbonyl (C=O) groups excluding carboxylic acids is 1. The number of aromatic nitrogens is 4. The second-order valence-corrected chi connectivity index (χ2v) is 5.40. The smallest absolute Gasteiger partial charge is 0.318 e. The molecule has 0 bridgehead atoms. The average molecular weight is 282 g/mol. The van der Waals surface area contributed by atoms with Crippen molar-refractivity contribution in [2.75, 3.05) is 7.11 Å². The number of thioether (sulfide) groups is 1. The summed E-state index contributed by atoms with van der Waals surface area (Å²) >= 11 is 1.23. The maximum Gasteiger partial charge on any atom is 0.318 e. The Morgan fingerprint density at radius 2 is 2.11 bits per heavy atom. The van der Waals surface area contributed by atoms with Crippen LogP contribution in [-0.2, 0) is 9.53 Å². The second-order valence-electron chi connectivity index (χ2n) is 4.09. The van der Waals surface area contributed by atoms with Crippen LogP contribution in [0.5, 0.6) is 0 Å². The van der Waals surface area contributed by atoms with E-state index in [1.54, 1.807) is 18.2 Å². The average Bonchev–Trinajstić information content (AvgIpc) is 2.77. The molecule has 0 spiro atoms. The van der Waals surface area contributed by atoms with Crippen LogP contribution in [0.1, 0.15) is 18.2 Å². The first kappa shape index (κ1) is 13.6. The van der Waals surface area contributed by atoms with Gasteiger partial charge in [0.15, 0.2) is 5.16 Å². The lowest BCUT2D eigenvalue weighted by Gasteiger charge is -2.09. The standard InChI is InChI=1S/C11H14N4O3S/c1-5-6(2)15-10(12-8(5)16)13-14-11(15)19-7(3)9(17)18-4/h7H,1-4H3,(H,12,13,16)/t7-/m1/s1. The molecular formula is C11H14N4O3S. The molecule has 0 saturated heterocycles. The fourth-order valence-electron chi connectivity index (χ4n) is 1.63. The van der Waals surface area contributed by atoms with E-state index in [1.807, 2.05) is 6.92 Å². The molecule has 0 aliphatic carbocycles. The number of rotatable bonds is 3. The Morgan fingerprint density at radius 1 is 1.42 bits per heavy atom. The lowest BCUT2D eigenvalue weighted by Crippen LogP contribution is -2.17. The van der Waals surface area contributed by atoms with Gasteiger partial charge >= 0.3 is 5.97 Å². The molecule has 0 saturated carbocycles. The highest BCUT2D eigenvalue weighted by atomic mass is 32.2. The minimum absolute atomic E-state index is 0.185. The van der Waals surface area contributed by atoms with Gasteiger partial charge in [-0.15, -0.1) is 10.2 Å². The first-order valence-electron chi connectivity index (χ1n) is 5.64. The monoisotopic (exact) mass is 282 g/mol. The van der Waals surface area contributed by atoms with Crippen LogP contribution in [0.4, 0.5) is 0 Å². The van der Waals surface area contributed by atoms with Crippen molar-refractivity contribution in [2.45, 2.75) is 31.2 Å². The molecule has 2 aromatic rings. The SMILES string of the molecule is COC(=O)[C@@H](C)Sc1nnc2[nH]c(=O)c(C)c(C)n12. The quantitative estimate of drug-likeness (QED) is 0.658. The van der Waals surface area contributed by atoms with Gasteiger partial charge < -0.3 is 4.74 Å². The van der Waals surface area contributed by atoms with Gasteiger partial charge in [-0.1, -0.05) is 11.8 Å². The number of H-pyrrole nitrogens is 1. The molecule has 102 valence electrons. The van der Waals surface area contributed by atoms with Crippen LogP contribution >= 0.6 is 11.8 Å². The van der Waals surface area contributed by atoms with E-state index in [-0.39, 0.29) is 11.5 Å². The number of fused-ring (bicyclic) bond motifs is 1. The number of nitrogens with one attached hydrogen (secondary N) is 1. The molecule has 19 heavy (non-hydrogen) atoms. The van der Waals surface area contributed by atoms with Crippen molar-refractivity contribution < 1.29 is 9.53 Å². The summed E-state index contributed by atoms with van der Waals surface area (Å²) in [6, 6.07) is 0. The largest absolute Gasteiger partial charge is 0.468 e. The highest BCUT2D eigenvalue weighted by Crippen LogP contribution is 2.23. The van der Waals surface area contributed by atoms with Gasteiger partial charge in [-0.2, -0.15) is 0 Å². The molecule has 0 amide bonds. The molecule has 0 aliphatic heterocycles. The van der Waals surface area contributed by atoms with Gasteiger partial charge in [0.2, 0.25) is 5.78 Å². The fourth-order valence-corrected chi connectivity index (χ4v) is 2.55. The second kappa shape index (κ2) is 5.04. The van der Waals surface area contributed by atoms with Crippen molar-refractivity contribution in [3.05, 3.63) is 21.6 Å². The maximum absolute atomic E-state index is 11.6. The molecule has 7 nitrogen and oxygen atoms in total. The summed E-state index contributed by atoms with van der Waals surface area (Å²) in [5, 5.41) is 8.04. The van der Waals surface area contributed by atoms with Gasteiger partial charge in [-0.05, 0) is 20.8 Å². The van der Waals surface area contributed by atoms with Gasteiger partial charge in [0.05, 0.1) is 7.11 Å².